The minimum atomic E-state index is -0.544. The van der Waals surface area contributed by atoms with Gasteiger partial charge >= 0.3 is 0 Å². The number of thiophene rings is 1. The first kappa shape index (κ1) is 27.5. The zero-order valence-corrected chi connectivity index (χ0v) is 23.7. The van der Waals surface area contributed by atoms with E-state index in [1.807, 2.05) is 12.3 Å². The summed E-state index contributed by atoms with van der Waals surface area (Å²) < 4.78 is 5.42. The van der Waals surface area contributed by atoms with Crippen molar-refractivity contribution in [1.82, 2.24) is 9.88 Å². The van der Waals surface area contributed by atoms with Crippen molar-refractivity contribution < 1.29 is 14.3 Å². The molecule has 1 aliphatic heterocycles. The number of ether oxygens (including phenoxy) is 1. The number of thioether (sulfide) groups is 1. The number of hydrogen-bond donors (Lipinski definition) is 2. The third-order valence-corrected chi connectivity index (χ3v) is 8.37. The monoisotopic (exact) mass is 597 g/mol. The molecule has 0 bridgehead atoms. The second-order valence-electron chi connectivity index (χ2n) is 7.73. The van der Waals surface area contributed by atoms with Crippen LogP contribution in [-0.4, -0.2) is 52.8 Å². The van der Waals surface area contributed by atoms with Crippen molar-refractivity contribution in [3.8, 4) is 5.75 Å². The molecule has 3 aromatic rings. The summed E-state index contributed by atoms with van der Waals surface area (Å²) in [5.41, 5.74) is 1.07. The number of halogens is 3. The number of anilines is 2. The zero-order chi connectivity index (χ0) is 26.5. The summed E-state index contributed by atoms with van der Waals surface area (Å²) >= 11 is 21.7. The van der Waals surface area contributed by atoms with E-state index in [-0.39, 0.29) is 27.8 Å². The van der Waals surface area contributed by atoms with E-state index in [1.54, 1.807) is 23.9 Å². The molecule has 4 rings (SSSR count). The number of carbonyl (C=O) groups is 2. The maximum atomic E-state index is 13.3. The van der Waals surface area contributed by atoms with E-state index in [9.17, 15) is 9.59 Å². The summed E-state index contributed by atoms with van der Waals surface area (Å²) in [5.74, 6) is 0.441. The Morgan fingerprint density at radius 2 is 1.95 bits per heavy atom. The zero-order valence-electron chi connectivity index (χ0n) is 19.8. The highest BCUT2D eigenvalue weighted by molar-refractivity contribution is 8.14. The molecule has 37 heavy (non-hydrogen) atoms. The Kier molecular flexibility index (Phi) is 9.20. The van der Waals surface area contributed by atoms with Crippen LogP contribution in [0.2, 0.25) is 15.1 Å². The number of hydrogen-bond acceptors (Lipinski definition) is 8. The molecule has 0 aliphatic carbocycles. The van der Waals surface area contributed by atoms with E-state index >= 15 is 0 Å². The smallest absolute Gasteiger partial charge is 0.267 e. The van der Waals surface area contributed by atoms with Gasteiger partial charge in [0.25, 0.3) is 11.8 Å². The highest BCUT2D eigenvalue weighted by Gasteiger charge is 2.24. The molecule has 1 aliphatic rings. The quantitative estimate of drug-likeness (QED) is 0.306. The van der Waals surface area contributed by atoms with Crippen LogP contribution in [0.5, 0.6) is 5.75 Å². The minimum absolute atomic E-state index is 0.0933. The predicted octanol–water partition coefficient (Wildman–Crippen LogP) is 6.54. The lowest BCUT2D eigenvalue weighted by molar-refractivity contribution is 0.102. The molecule has 8 nitrogen and oxygen atoms in total. The average molecular weight is 599 g/mol. The number of aliphatic imine (C=N–C) groups is 1. The van der Waals surface area contributed by atoms with Gasteiger partial charge in [-0.1, -0.05) is 46.6 Å². The Hall–Kier alpha value is -2.50. The molecular weight excluding hydrogens is 577 g/mol. The third-order valence-electron chi connectivity index (χ3n) is 5.33. The van der Waals surface area contributed by atoms with Gasteiger partial charge in [-0.2, -0.15) is 0 Å². The number of methoxy groups -OCH3 is 1. The Morgan fingerprint density at radius 1 is 1.14 bits per heavy atom. The van der Waals surface area contributed by atoms with Crippen molar-refractivity contribution in [3.63, 3.8) is 0 Å². The molecule has 2 aromatic heterocycles. The highest BCUT2D eigenvalue weighted by Crippen LogP contribution is 2.36. The van der Waals surface area contributed by atoms with Gasteiger partial charge in [-0.3, -0.25) is 14.6 Å². The fourth-order valence-corrected chi connectivity index (χ4v) is 6.02. The third kappa shape index (κ3) is 6.50. The normalized spacial score (nSPS) is 12.7. The maximum absolute atomic E-state index is 13.3. The second-order valence-corrected chi connectivity index (χ2v) is 10.9. The maximum Gasteiger partial charge on any atom is 0.267 e. The van der Waals surface area contributed by atoms with Crippen molar-refractivity contribution in [2.24, 2.45) is 4.99 Å². The van der Waals surface area contributed by atoms with E-state index < -0.39 is 11.8 Å². The largest absolute Gasteiger partial charge is 0.494 e. The van der Waals surface area contributed by atoms with E-state index in [4.69, 9.17) is 39.5 Å². The Morgan fingerprint density at radius 3 is 2.59 bits per heavy atom. The van der Waals surface area contributed by atoms with Gasteiger partial charge < -0.3 is 20.3 Å². The van der Waals surface area contributed by atoms with E-state index in [0.717, 1.165) is 29.6 Å². The van der Waals surface area contributed by atoms with Gasteiger partial charge in [-0.15, -0.1) is 11.3 Å². The molecule has 2 amide bonds. The Balaban J connectivity index is 1.58. The number of nitrogens with zero attached hydrogens (tertiary/aromatic N) is 3. The standard InChI is InChI=1S/C24H22Cl3N5O3S2/c1-3-32(24-28-6-7-36-24)11-13-12-37-21(19(13)27)23(34)31-20-16(8-15(26)9-17(20)35-2)22(33)30-18-5-4-14(25)10-29-18/h4-5,8-10,12H,3,6-7,11H2,1-2H3,(H,31,34)(H,29,30,33). The Bertz CT molecular complexity index is 1350. The molecular formula is C24H22Cl3N5O3S2. The van der Waals surface area contributed by atoms with Gasteiger partial charge in [0.15, 0.2) is 5.17 Å². The van der Waals surface area contributed by atoms with Gasteiger partial charge in [0.1, 0.15) is 16.4 Å². The highest BCUT2D eigenvalue weighted by atomic mass is 35.5. The summed E-state index contributed by atoms with van der Waals surface area (Å²) in [6.45, 7) is 4.15. The summed E-state index contributed by atoms with van der Waals surface area (Å²) in [6, 6.07) is 6.10. The van der Waals surface area contributed by atoms with Crippen LogP contribution in [0.25, 0.3) is 0 Å². The van der Waals surface area contributed by atoms with Crippen LogP contribution in [0, 0.1) is 0 Å². The first-order valence-corrected chi connectivity index (χ1v) is 14.1. The second kappa shape index (κ2) is 12.4. The van der Waals surface area contributed by atoms with Crippen LogP contribution in [0.4, 0.5) is 11.5 Å². The van der Waals surface area contributed by atoms with E-state index in [1.165, 1.54) is 36.8 Å². The summed E-state index contributed by atoms with van der Waals surface area (Å²) in [7, 11) is 1.42. The first-order chi connectivity index (χ1) is 17.8. The lowest BCUT2D eigenvalue weighted by atomic mass is 10.1. The minimum Gasteiger partial charge on any atom is -0.494 e. The number of rotatable bonds is 8. The molecule has 2 N–H and O–H groups in total. The van der Waals surface area contributed by atoms with Crippen molar-refractivity contribution in [2.75, 3.05) is 36.6 Å². The van der Waals surface area contributed by atoms with Crippen LogP contribution in [0.3, 0.4) is 0 Å². The molecule has 0 fully saturated rings. The number of amides is 2. The van der Waals surface area contributed by atoms with Crippen molar-refractivity contribution in [3.05, 3.63) is 66.9 Å². The molecule has 0 unspecified atom stereocenters. The van der Waals surface area contributed by atoms with Crippen LogP contribution in [0.1, 0.15) is 32.5 Å². The molecule has 0 spiro atoms. The number of benzene rings is 1. The molecule has 0 radical (unpaired) electrons. The predicted molar refractivity (Wildman–Crippen MR) is 153 cm³/mol. The number of amidine groups is 1. The topological polar surface area (TPSA) is 95.9 Å². The van der Waals surface area contributed by atoms with Crippen molar-refractivity contribution in [1.29, 1.82) is 0 Å². The van der Waals surface area contributed by atoms with E-state index in [0.29, 0.717) is 21.5 Å². The van der Waals surface area contributed by atoms with Crippen molar-refractivity contribution >= 4 is 86.4 Å². The fraction of sp³-hybridized carbons (Fsp3) is 0.250. The lowest BCUT2D eigenvalue weighted by Gasteiger charge is -2.21. The molecule has 1 aromatic carbocycles. The summed E-state index contributed by atoms with van der Waals surface area (Å²) in [4.78, 5) is 37.5. The molecule has 3 heterocycles. The fourth-order valence-electron chi connectivity index (χ4n) is 3.53. The molecule has 0 atom stereocenters. The molecule has 194 valence electrons. The van der Waals surface area contributed by atoms with Crippen molar-refractivity contribution in [2.45, 2.75) is 13.5 Å². The van der Waals surface area contributed by atoms with Crippen LogP contribution >= 0.6 is 57.9 Å². The Labute approximate surface area is 237 Å². The number of pyridine rings is 1. The molecule has 0 saturated carbocycles. The summed E-state index contributed by atoms with van der Waals surface area (Å²) in [6.07, 6.45) is 1.41. The van der Waals surface area contributed by atoms with Gasteiger partial charge in [0, 0.05) is 41.7 Å². The number of carbonyl (C=O) groups excluding carboxylic acids is 2. The van der Waals surface area contributed by atoms with Gasteiger partial charge in [0.2, 0.25) is 0 Å². The first-order valence-electron chi connectivity index (χ1n) is 11.1. The van der Waals surface area contributed by atoms with E-state index in [2.05, 4.69) is 25.5 Å². The lowest BCUT2D eigenvalue weighted by Crippen LogP contribution is -2.27. The molecule has 13 heteroatoms. The average Bonchev–Trinajstić information content (AvgIpc) is 3.54. The van der Waals surface area contributed by atoms with Crippen LogP contribution < -0.4 is 15.4 Å². The van der Waals surface area contributed by atoms with Crippen LogP contribution in [-0.2, 0) is 6.54 Å². The van der Waals surface area contributed by atoms with Crippen LogP contribution in [0.15, 0.2) is 40.8 Å². The SMILES string of the molecule is CCN(Cc1csc(C(=O)Nc2c(OC)cc(Cl)cc2C(=O)Nc2ccc(Cl)cn2)c1Cl)C1=NCCS1. The van der Waals surface area contributed by atoms with Gasteiger partial charge in [-0.05, 0) is 30.5 Å². The van der Waals surface area contributed by atoms with Gasteiger partial charge in [0.05, 0.1) is 35.0 Å². The number of aromatic nitrogens is 1. The summed E-state index contributed by atoms with van der Waals surface area (Å²) in [5, 5.41) is 9.34. The number of nitrogens with one attached hydrogen (secondary N) is 2. The molecule has 0 saturated heterocycles. The van der Waals surface area contributed by atoms with Gasteiger partial charge in [-0.25, -0.2) is 4.98 Å².